The zero-order valence-electron chi connectivity index (χ0n) is 10.8. The molecule has 0 bridgehead atoms. The maximum absolute atomic E-state index is 10.3. The van der Waals surface area contributed by atoms with Crippen molar-refractivity contribution < 1.29 is 5.11 Å². The molecule has 0 aromatic rings. The van der Waals surface area contributed by atoms with E-state index in [1.807, 2.05) is 0 Å². The predicted molar refractivity (Wildman–Crippen MR) is 68.1 cm³/mol. The molecule has 0 spiro atoms. The number of allylic oxidation sites excluding steroid dienone is 2. The highest BCUT2D eigenvalue weighted by Crippen LogP contribution is 2.63. The Morgan fingerprint density at radius 1 is 1.38 bits per heavy atom. The van der Waals surface area contributed by atoms with Crippen LogP contribution in [0.15, 0.2) is 23.8 Å². The molecule has 2 aliphatic rings. The Balaban J connectivity index is 2.15. The number of fused-ring (bicyclic) bond motifs is 1. The first-order valence-electron chi connectivity index (χ1n) is 6.46. The van der Waals surface area contributed by atoms with E-state index in [0.29, 0.717) is 17.3 Å². The summed E-state index contributed by atoms with van der Waals surface area (Å²) in [6.07, 6.45) is 6.45. The normalized spacial score (nSPS) is 38.6. The maximum atomic E-state index is 10.3. The highest BCUT2D eigenvalue weighted by Gasteiger charge is 2.60. The molecule has 90 valence electrons. The minimum absolute atomic E-state index is 0.271. The molecular formula is C15H24O. The summed E-state index contributed by atoms with van der Waals surface area (Å²) in [5, 5.41) is 10.3. The van der Waals surface area contributed by atoms with Crippen LogP contribution in [0.3, 0.4) is 0 Å². The van der Waals surface area contributed by atoms with E-state index in [2.05, 4.69) is 33.4 Å². The minimum Gasteiger partial charge on any atom is -0.388 e. The third kappa shape index (κ3) is 1.98. The first-order valence-corrected chi connectivity index (χ1v) is 6.46. The standard InChI is InChI=1S/C15H24O/c1-10-6-5-7-11(2)14(16)13-12(9-8-10)15(13,3)4/h6,12-14,16H,2,5,7-9H2,1,3-4H3. The van der Waals surface area contributed by atoms with E-state index in [9.17, 15) is 5.11 Å². The van der Waals surface area contributed by atoms with Gasteiger partial charge in [-0.05, 0) is 55.4 Å². The lowest BCUT2D eigenvalue weighted by Crippen LogP contribution is -2.16. The second-order valence-corrected chi connectivity index (χ2v) is 6.18. The van der Waals surface area contributed by atoms with Crippen molar-refractivity contribution in [3.05, 3.63) is 23.8 Å². The lowest BCUT2D eigenvalue weighted by Gasteiger charge is -2.15. The van der Waals surface area contributed by atoms with Crippen molar-refractivity contribution in [1.29, 1.82) is 0 Å². The second kappa shape index (κ2) is 4.03. The maximum Gasteiger partial charge on any atom is 0.0783 e. The molecule has 2 aliphatic carbocycles. The summed E-state index contributed by atoms with van der Waals surface area (Å²) in [4.78, 5) is 0. The Kier molecular flexibility index (Phi) is 3.00. The highest BCUT2D eigenvalue weighted by molar-refractivity contribution is 5.19. The van der Waals surface area contributed by atoms with Gasteiger partial charge in [-0.2, -0.15) is 0 Å². The van der Waals surface area contributed by atoms with Gasteiger partial charge in [-0.25, -0.2) is 0 Å². The molecule has 3 atom stereocenters. The molecule has 2 rings (SSSR count). The van der Waals surface area contributed by atoms with Crippen LogP contribution in [0.4, 0.5) is 0 Å². The zero-order valence-corrected chi connectivity index (χ0v) is 10.8. The van der Waals surface area contributed by atoms with Gasteiger partial charge in [0.05, 0.1) is 6.10 Å². The fourth-order valence-electron chi connectivity index (χ4n) is 3.36. The van der Waals surface area contributed by atoms with Crippen LogP contribution in [0.2, 0.25) is 0 Å². The summed E-state index contributed by atoms with van der Waals surface area (Å²) in [5.74, 6) is 1.13. The van der Waals surface area contributed by atoms with Gasteiger partial charge < -0.3 is 5.11 Å². The Hall–Kier alpha value is -0.560. The minimum atomic E-state index is -0.271. The number of aliphatic hydroxyl groups excluding tert-OH is 1. The summed E-state index contributed by atoms with van der Waals surface area (Å²) >= 11 is 0. The molecule has 0 aliphatic heterocycles. The number of hydrogen-bond donors (Lipinski definition) is 1. The molecule has 16 heavy (non-hydrogen) atoms. The van der Waals surface area contributed by atoms with Crippen molar-refractivity contribution in [1.82, 2.24) is 0 Å². The summed E-state index contributed by atoms with van der Waals surface area (Å²) in [6, 6.07) is 0. The molecule has 0 radical (unpaired) electrons. The van der Waals surface area contributed by atoms with Crippen molar-refractivity contribution in [2.75, 3.05) is 0 Å². The summed E-state index contributed by atoms with van der Waals surface area (Å²) in [5.41, 5.74) is 2.85. The van der Waals surface area contributed by atoms with Crippen molar-refractivity contribution in [2.24, 2.45) is 17.3 Å². The topological polar surface area (TPSA) is 20.2 Å². The molecule has 0 amide bonds. The van der Waals surface area contributed by atoms with Crippen molar-refractivity contribution in [3.8, 4) is 0 Å². The third-order valence-corrected chi connectivity index (χ3v) is 4.71. The first kappa shape index (κ1) is 11.9. The largest absolute Gasteiger partial charge is 0.388 e. The molecule has 0 aromatic carbocycles. The lowest BCUT2D eigenvalue weighted by molar-refractivity contribution is 0.164. The van der Waals surface area contributed by atoms with E-state index in [1.165, 1.54) is 18.4 Å². The van der Waals surface area contributed by atoms with Gasteiger partial charge in [-0.3, -0.25) is 0 Å². The van der Waals surface area contributed by atoms with Gasteiger partial charge in [0.1, 0.15) is 0 Å². The van der Waals surface area contributed by atoms with Crippen molar-refractivity contribution in [2.45, 2.75) is 52.6 Å². The summed E-state index contributed by atoms with van der Waals surface area (Å²) in [7, 11) is 0. The van der Waals surface area contributed by atoms with Crippen LogP contribution < -0.4 is 0 Å². The molecule has 0 heterocycles. The van der Waals surface area contributed by atoms with Gasteiger partial charge >= 0.3 is 0 Å². The summed E-state index contributed by atoms with van der Waals surface area (Å²) in [6.45, 7) is 10.9. The zero-order chi connectivity index (χ0) is 11.9. The summed E-state index contributed by atoms with van der Waals surface area (Å²) < 4.78 is 0. The molecule has 1 saturated carbocycles. The van der Waals surface area contributed by atoms with Gasteiger partial charge in [0.25, 0.3) is 0 Å². The average Bonchev–Trinajstić information content (AvgIpc) is 2.75. The highest BCUT2D eigenvalue weighted by atomic mass is 16.3. The molecule has 1 nitrogen and oxygen atoms in total. The number of rotatable bonds is 0. The SMILES string of the molecule is C=C1CCC=C(C)CCC2C(C1O)C2(C)C. The van der Waals surface area contributed by atoms with E-state index < -0.39 is 0 Å². The van der Waals surface area contributed by atoms with Crippen LogP contribution in [0.1, 0.15) is 46.5 Å². The van der Waals surface area contributed by atoms with Gasteiger partial charge in [0, 0.05) is 0 Å². The molecule has 3 unspecified atom stereocenters. The molecule has 1 fully saturated rings. The van der Waals surface area contributed by atoms with Gasteiger partial charge in [0.2, 0.25) is 0 Å². The van der Waals surface area contributed by atoms with Gasteiger partial charge in [-0.15, -0.1) is 0 Å². The van der Waals surface area contributed by atoms with Crippen LogP contribution in [0.25, 0.3) is 0 Å². The molecule has 1 heteroatoms. The van der Waals surface area contributed by atoms with Gasteiger partial charge in [-0.1, -0.05) is 32.1 Å². The number of hydrogen-bond acceptors (Lipinski definition) is 1. The molecule has 1 N–H and O–H groups in total. The predicted octanol–water partition coefficient (Wildman–Crippen LogP) is 3.70. The van der Waals surface area contributed by atoms with Crippen LogP contribution in [-0.4, -0.2) is 11.2 Å². The smallest absolute Gasteiger partial charge is 0.0783 e. The van der Waals surface area contributed by atoms with Crippen molar-refractivity contribution in [3.63, 3.8) is 0 Å². The fraction of sp³-hybridized carbons (Fsp3) is 0.733. The number of aliphatic hydroxyl groups is 1. The molecule has 0 aromatic heterocycles. The van der Waals surface area contributed by atoms with E-state index in [4.69, 9.17) is 0 Å². The van der Waals surface area contributed by atoms with Crippen LogP contribution in [-0.2, 0) is 0 Å². The third-order valence-electron chi connectivity index (χ3n) is 4.71. The van der Waals surface area contributed by atoms with Gasteiger partial charge in [0.15, 0.2) is 0 Å². The Morgan fingerprint density at radius 3 is 2.75 bits per heavy atom. The van der Waals surface area contributed by atoms with Crippen LogP contribution in [0.5, 0.6) is 0 Å². The first-order chi connectivity index (χ1) is 7.44. The van der Waals surface area contributed by atoms with E-state index in [-0.39, 0.29) is 6.10 Å². The Morgan fingerprint density at radius 2 is 2.06 bits per heavy atom. The van der Waals surface area contributed by atoms with Crippen LogP contribution >= 0.6 is 0 Å². The average molecular weight is 220 g/mol. The van der Waals surface area contributed by atoms with E-state index >= 15 is 0 Å². The lowest BCUT2D eigenvalue weighted by atomic mass is 9.96. The Bertz CT molecular complexity index is 324. The fourth-order valence-corrected chi connectivity index (χ4v) is 3.36. The molecular weight excluding hydrogens is 196 g/mol. The molecule has 0 saturated heterocycles. The van der Waals surface area contributed by atoms with Crippen molar-refractivity contribution >= 4 is 0 Å². The Labute approximate surface area is 99.3 Å². The quantitative estimate of drug-likeness (QED) is 0.617. The second-order valence-electron chi connectivity index (χ2n) is 6.18. The van der Waals surface area contributed by atoms with Crippen LogP contribution in [0, 0.1) is 17.3 Å². The van der Waals surface area contributed by atoms with E-state index in [1.54, 1.807) is 0 Å². The van der Waals surface area contributed by atoms with E-state index in [0.717, 1.165) is 18.4 Å². The monoisotopic (exact) mass is 220 g/mol.